The molecule has 0 aliphatic carbocycles. The first-order valence-electron chi connectivity index (χ1n) is 9.26. The van der Waals surface area contributed by atoms with Gasteiger partial charge in [-0.3, -0.25) is 4.79 Å². The van der Waals surface area contributed by atoms with E-state index in [4.69, 9.17) is 11.6 Å². The third-order valence-electron chi connectivity index (χ3n) is 5.52. The van der Waals surface area contributed by atoms with Gasteiger partial charge in [-0.1, -0.05) is 23.7 Å². The molecule has 2 nitrogen and oxygen atoms in total. The monoisotopic (exact) mass is 451 g/mol. The molecule has 0 radical (unpaired) electrons. The summed E-state index contributed by atoms with van der Waals surface area (Å²) in [5.74, 6) is -1.96. The highest BCUT2D eigenvalue weighted by Gasteiger charge is 2.45. The second-order valence-electron chi connectivity index (χ2n) is 7.65. The lowest BCUT2D eigenvalue weighted by Gasteiger charge is -2.24. The van der Waals surface area contributed by atoms with Crippen molar-refractivity contribution >= 4 is 23.2 Å². The van der Waals surface area contributed by atoms with Crippen LogP contribution in [0.4, 0.5) is 27.6 Å². The molecule has 0 saturated carbocycles. The molecule has 160 valence electrons. The van der Waals surface area contributed by atoms with Crippen molar-refractivity contribution in [3.8, 4) is 11.1 Å². The number of hydrogen-bond donors (Lipinski definition) is 1. The zero-order valence-electron chi connectivity index (χ0n) is 16.1. The molecule has 1 aliphatic rings. The van der Waals surface area contributed by atoms with Crippen LogP contribution in [0.5, 0.6) is 0 Å². The van der Waals surface area contributed by atoms with E-state index in [1.54, 1.807) is 19.1 Å². The number of rotatable bonds is 3. The maximum atomic E-state index is 14.2. The molecule has 0 spiro atoms. The zero-order chi connectivity index (χ0) is 22.6. The quantitative estimate of drug-likeness (QED) is 0.438. The van der Waals surface area contributed by atoms with Crippen molar-refractivity contribution in [2.24, 2.45) is 0 Å². The lowest BCUT2D eigenvalue weighted by molar-refractivity contribution is -0.138. The molecule has 4 rings (SSSR count). The van der Waals surface area contributed by atoms with Crippen molar-refractivity contribution in [2.45, 2.75) is 24.9 Å². The molecule has 1 heterocycles. The number of amides is 1. The lowest BCUT2D eigenvalue weighted by atomic mass is 9.77. The maximum absolute atomic E-state index is 14.2. The standard InChI is InChI=1S/C23H15ClF5NO/c1-22(11-13-8-14(24)3-7-17(13)23(27,28)29)18-6-2-12(9-20(18)30-21(22)31)16-5-4-15(25)10-19(16)26/h2-10H,11H2,1H3,(H,30,31). The van der Waals surface area contributed by atoms with Gasteiger partial charge in [-0.05, 0) is 66.4 Å². The highest BCUT2D eigenvalue weighted by molar-refractivity contribution is 6.30. The van der Waals surface area contributed by atoms with E-state index in [1.165, 1.54) is 18.2 Å². The van der Waals surface area contributed by atoms with E-state index in [9.17, 15) is 26.7 Å². The number of carbonyl (C=O) groups excluding carboxylic acids is 1. The van der Waals surface area contributed by atoms with Crippen LogP contribution in [0.1, 0.15) is 23.6 Å². The summed E-state index contributed by atoms with van der Waals surface area (Å²) in [5.41, 5.74) is -0.856. The summed E-state index contributed by atoms with van der Waals surface area (Å²) in [7, 11) is 0. The number of carbonyl (C=O) groups is 1. The Kier molecular flexibility index (Phi) is 5.04. The van der Waals surface area contributed by atoms with Crippen LogP contribution in [0.25, 0.3) is 11.1 Å². The first-order chi connectivity index (χ1) is 14.5. The molecule has 1 N–H and O–H groups in total. The van der Waals surface area contributed by atoms with Gasteiger partial charge >= 0.3 is 6.18 Å². The van der Waals surface area contributed by atoms with Crippen molar-refractivity contribution < 1.29 is 26.7 Å². The zero-order valence-corrected chi connectivity index (χ0v) is 16.8. The Morgan fingerprint density at radius 1 is 1.00 bits per heavy atom. The van der Waals surface area contributed by atoms with Gasteiger partial charge in [0.05, 0.1) is 11.0 Å². The number of benzene rings is 3. The fraction of sp³-hybridized carbons (Fsp3) is 0.174. The minimum Gasteiger partial charge on any atom is -0.325 e. The summed E-state index contributed by atoms with van der Waals surface area (Å²) in [5, 5.41) is 2.80. The van der Waals surface area contributed by atoms with Crippen molar-refractivity contribution in [1.82, 2.24) is 0 Å². The van der Waals surface area contributed by atoms with Gasteiger partial charge < -0.3 is 5.32 Å². The maximum Gasteiger partial charge on any atom is 0.416 e. The van der Waals surface area contributed by atoms with Gasteiger partial charge in [-0.2, -0.15) is 13.2 Å². The summed E-state index contributed by atoms with van der Waals surface area (Å²) in [6, 6.07) is 11.1. The van der Waals surface area contributed by atoms with Gasteiger partial charge in [0.2, 0.25) is 5.91 Å². The Balaban J connectivity index is 1.76. The van der Waals surface area contributed by atoms with E-state index < -0.39 is 34.7 Å². The average molecular weight is 452 g/mol. The lowest BCUT2D eigenvalue weighted by Crippen LogP contribution is -2.34. The minimum atomic E-state index is -4.60. The molecule has 0 saturated heterocycles. The first-order valence-corrected chi connectivity index (χ1v) is 9.64. The van der Waals surface area contributed by atoms with Crippen molar-refractivity contribution in [2.75, 3.05) is 5.32 Å². The van der Waals surface area contributed by atoms with Gasteiger partial charge in [0, 0.05) is 22.3 Å². The molecule has 0 bridgehead atoms. The van der Waals surface area contributed by atoms with Crippen molar-refractivity contribution in [3.05, 3.63) is 87.9 Å². The SMILES string of the molecule is CC1(Cc2cc(Cl)ccc2C(F)(F)F)C(=O)Nc2cc(-c3ccc(F)cc3F)ccc21. The molecule has 8 heteroatoms. The molecule has 0 aromatic heterocycles. The third-order valence-corrected chi connectivity index (χ3v) is 5.76. The van der Waals surface area contributed by atoms with E-state index in [0.717, 1.165) is 24.3 Å². The fourth-order valence-electron chi connectivity index (χ4n) is 3.94. The van der Waals surface area contributed by atoms with Gasteiger partial charge in [0.25, 0.3) is 0 Å². The Hall–Kier alpha value is -2.93. The Morgan fingerprint density at radius 2 is 1.74 bits per heavy atom. The molecule has 3 aromatic rings. The predicted octanol–water partition coefficient (Wildman–Crippen LogP) is 6.76. The number of nitrogens with one attached hydrogen (secondary N) is 1. The molecule has 1 aliphatic heterocycles. The van der Waals surface area contributed by atoms with Gasteiger partial charge in [-0.25, -0.2) is 8.78 Å². The second kappa shape index (κ2) is 7.34. The molecule has 1 atom stereocenters. The van der Waals surface area contributed by atoms with Crippen LogP contribution in [-0.2, 0) is 22.8 Å². The first kappa shape index (κ1) is 21.3. The molecular formula is C23H15ClF5NO. The third kappa shape index (κ3) is 3.78. The number of anilines is 1. The molecular weight excluding hydrogens is 437 g/mol. The number of alkyl halides is 3. The van der Waals surface area contributed by atoms with E-state index in [0.29, 0.717) is 16.8 Å². The van der Waals surface area contributed by atoms with E-state index >= 15 is 0 Å². The normalized spacial score (nSPS) is 18.1. The summed E-state index contributed by atoms with van der Waals surface area (Å²) < 4.78 is 67.8. The van der Waals surface area contributed by atoms with Gasteiger partial charge in [-0.15, -0.1) is 0 Å². The second-order valence-corrected chi connectivity index (χ2v) is 8.08. The number of halogens is 6. The topological polar surface area (TPSA) is 29.1 Å². The van der Waals surface area contributed by atoms with E-state index in [2.05, 4.69) is 5.32 Å². The Labute approximate surface area is 179 Å². The van der Waals surface area contributed by atoms with E-state index in [1.807, 2.05) is 0 Å². The van der Waals surface area contributed by atoms with Crippen LogP contribution in [0.3, 0.4) is 0 Å². The van der Waals surface area contributed by atoms with Crippen molar-refractivity contribution in [1.29, 1.82) is 0 Å². The van der Waals surface area contributed by atoms with Crippen LogP contribution in [-0.4, -0.2) is 5.91 Å². The van der Waals surface area contributed by atoms with Crippen molar-refractivity contribution in [3.63, 3.8) is 0 Å². The molecule has 31 heavy (non-hydrogen) atoms. The molecule has 1 unspecified atom stereocenters. The molecule has 1 amide bonds. The van der Waals surface area contributed by atoms with Crippen LogP contribution < -0.4 is 5.32 Å². The predicted molar refractivity (Wildman–Crippen MR) is 108 cm³/mol. The number of hydrogen-bond acceptors (Lipinski definition) is 1. The summed E-state index contributed by atoms with van der Waals surface area (Å²) in [6.07, 6.45) is -4.83. The van der Waals surface area contributed by atoms with Gasteiger partial charge in [0.15, 0.2) is 0 Å². The van der Waals surface area contributed by atoms with Crippen LogP contribution in [0.2, 0.25) is 5.02 Å². The Bertz CT molecular complexity index is 1210. The average Bonchev–Trinajstić information content (AvgIpc) is 2.90. The van der Waals surface area contributed by atoms with Gasteiger partial charge in [0.1, 0.15) is 11.6 Å². The fourth-order valence-corrected chi connectivity index (χ4v) is 4.14. The summed E-state index contributed by atoms with van der Waals surface area (Å²) in [6.45, 7) is 1.55. The highest BCUT2D eigenvalue weighted by atomic mass is 35.5. The highest BCUT2D eigenvalue weighted by Crippen LogP contribution is 2.44. The van der Waals surface area contributed by atoms with Crippen LogP contribution >= 0.6 is 11.6 Å². The Morgan fingerprint density at radius 3 is 2.42 bits per heavy atom. The number of fused-ring (bicyclic) bond motifs is 1. The van der Waals surface area contributed by atoms with Crippen LogP contribution in [0, 0.1) is 11.6 Å². The smallest absolute Gasteiger partial charge is 0.325 e. The molecule has 3 aromatic carbocycles. The van der Waals surface area contributed by atoms with Crippen LogP contribution in [0.15, 0.2) is 54.6 Å². The van der Waals surface area contributed by atoms with E-state index in [-0.39, 0.29) is 22.6 Å². The minimum absolute atomic E-state index is 0.0980. The molecule has 0 fully saturated rings. The summed E-state index contributed by atoms with van der Waals surface area (Å²) >= 11 is 5.92. The largest absolute Gasteiger partial charge is 0.416 e. The summed E-state index contributed by atoms with van der Waals surface area (Å²) in [4.78, 5) is 12.8.